The largest absolute Gasteiger partial charge is 0.497 e. The van der Waals surface area contributed by atoms with E-state index in [4.69, 9.17) is 19.3 Å². The van der Waals surface area contributed by atoms with Crippen LogP contribution in [-0.2, 0) is 14.3 Å². The Kier molecular flexibility index (Phi) is 6.42. The molecule has 2 aromatic rings. The first-order chi connectivity index (χ1) is 16.5. The second-order valence-electron chi connectivity index (χ2n) is 9.48. The Morgan fingerprint density at radius 3 is 2.62 bits per heavy atom. The molecule has 2 aromatic carbocycles. The first kappa shape index (κ1) is 23.0. The molecule has 5 rings (SSSR count). The monoisotopic (exact) mass is 463 g/mol. The van der Waals surface area contributed by atoms with Crippen LogP contribution in [-0.4, -0.2) is 67.3 Å². The van der Waals surface area contributed by atoms with Crippen LogP contribution in [0.1, 0.15) is 47.6 Å². The highest BCUT2D eigenvalue weighted by Gasteiger charge is 2.41. The van der Waals surface area contributed by atoms with Crippen molar-refractivity contribution in [3.63, 3.8) is 0 Å². The predicted molar refractivity (Wildman–Crippen MR) is 130 cm³/mol. The normalized spacial score (nSPS) is 22.3. The van der Waals surface area contributed by atoms with Gasteiger partial charge < -0.3 is 14.2 Å². The third kappa shape index (κ3) is 4.60. The first-order valence-electron chi connectivity index (χ1n) is 12.1. The maximum atomic E-state index is 13.6. The van der Waals surface area contributed by atoms with E-state index in [-0.39, 0.29) is 11.9 Å². The molecule has 7 heteroatoms. The van der Waals surface area contributed by atoms with Crippen LogP contribution in [0.15, 0.2) is 47.6 Å². The van der Waals surface area contributed by atoms with E-state index >= 15 is 0 Å². The van der Waals surface area contributed by atoms with Crippen LogP contribution in [0.25, 0.3) is 0 Å². The number of carbonyl (C=O) groups excluding carboxylic acids is 1. The van der Waals surface area contributed by atoms with E-state index in [0.29, 0.717) is 26.2 Å². The second kappa shape index (κ2) is 9.49. The molecule has 0 aromatic heterocycles. The predicted octanol–water partition coefficient (Wildman–Crippen LogP) is 3.83. The fourth-order valence-electron chi connectivity index (χ4n) is 5.18. The highest BCUT2D eigenvalue weighted by Crippen LogP contribution is 2.36. The standard InChI is InChI=1S/C27H33N3O4/c1-19-7-8-20(2)23(15-19)25-17-24(21-5-4-6-22(16-21)32-3)28-30(25)26(31)18-29-11-9-27(10-12-29)33-13-14-34-27/h4-8,15-16,25H,9-14,17-18H2,1-3H3. The third-order valence-corrected chi connectivity index (χ3v) is 7.15. The molecule has 2 saturated heterocycles. The van der Waals surface area contributed by atoms with Crippen molar-refractivity contribution in [3.05, 3.63) is 64.7 Å². The van der Waals surface area contributed by atoms with Gasteiger partial charge in [0.25, 0.3) is 5.91 Å². The van der Waals surface area contributed by atoms with Gasteiger partial charge in [-0.3, -0.25) is 9.69 Å². The van der Waals surface area contributed by atoms with Crippen LogP contribution >= 0.6 is 0 Å². The number of hydrazone groups is 1. The summed E-state index contributed by atoms with van der Waals surface area (Å²) in [7, 11) is 1.66. The van der Waals surface area contributed by atoms with Gasteiger partial charge in [-0.25, -0.2) is 5.01 Å². The van der Waals surface area contributed by atoms with Gasteiger partial charge in [0.15, 0.2) is 5.79 Å². The molecule has 3 aliphatic rings. The summed E-state index contributed by atoms with van der Waals surface area (Å²) in [6.45, 7) is 7.40. The van der Waals surface area contributed by atoms with Crippen molar-refractivity contribution in [1.29, 1.82) is 0 Å². The third-order valence-electron chi connectivity index (χ3n) is 7.15. The van der Waals surface area contributed by atoms with Crippen molar-refractivity contribution in [2.45, 2.75) is 44.9 Å². The highest BCUT2D eigenvalue weighted by atomic mass is 16.7. The van der Waals surface area contributed by atoms with Gasteiger partial charge in [0.2, 0.25) is 0 Å². The number of hydrogen-bond donors (Lipinski definition) is 0. The maximum absolute atomic E-state index is 13.6. The van der Waals surface area contributed by atoms with Gasteiger partial charge in [-0.15, -0.1) is 0 Å². The molecule has 0 bridgehead atoms. The SMILES string of the molecule is COc1cccc(C2=NN(C(=O)CN3CCC4(CC3)OCCO4)C(c3cc(C)ccc3C)C2)c1. The Bertz CT molecular complexity index is 1080. The smallest absolute Gasteiger partial charge is 0.257 e. The van der Waals surface area contributed by atoms with Crippen LogP contribution in [0.4, 0.5) is 0 Å². The van der Waals surface area contributed by atoms with E-state index in [2.05, 4.69) is 36.9 Å². The molecule has 1 atom stereocenters. The molecule has 0 saturated carbocycles. The fourth-order valence-corrected chi connectivity index (χ4v) is 5.18. The Morgan fingerprint density at radius 1 is 1.12 bits per heavy atom. The van der Waals surface area contributed by atoms with Crippen LogP contribution in [0.3, 0.4) is 0 Å². The zero-order valence-corrected chi connectivity index (χ0v) is 20.3. The van der Waals surface area contributed by atoms with Gasteiger partial charge in [-0.05, 0) is 37.1 Å². The molecule has 2 fully saturated rings. The zero-order chi connectivity index (χ0) is 23.7. The average molecular weight is 464 g/mol. The number of benzene rings is 2. The van der Waals surface area contributed by atoms with Crippen molar-refractivity contribution >= 4 is 11.6 Å². The van der Waals surface area contributed by atoms with E-state index in [1.807, 2.05) is 24.3 Å². The number of hydrogen-bond acceptors (Lipinski definition) is 6. The average Bonchev–Trinajstić information content (AvgIpc) is 3.50. The van der Waals surface area contributed by atoms with Crippen molar-refractivity contribution < 1.29 is 19.0 Å². The summed E-state index contributed by atoms with van der Waals surface area (Å²) in [6, 6.07) is 14.2. The van der Waals surface area contributed by atoms with Crippen LogP contribution in [0, 0.1) is 13.8 Å². The summed E-state index contributed by atoms with van der Waals surface area (Å²) in [5.41, 5.74) is 5.40. The van der Waals surface area contributed by atoms with Gasteiger partial charge >= 0.3 is 0 Å². The summed E-state index contributed by atoms with van der Waals surface area (Å²) >= 11 is 0. The number of likely N-dealkylation sites (tertiary alicyclic amines) is 1. The van der Waals surface area contributed by atoms with Crippen molar-refractivity contribution in [3.8, 4) is 5.75 Å². The number of carbonyl (C=O) groups is 1. The van der Waals surface area contributed by atoms with Gasteiger partial charge in [-0.1, -0.05) is 35.9 Å². The highest BCUT2D eigenvalue weighted by molar-refractivity contribution is 6.03. The number of rotatable bonds is 5. The molecule has 1 unspecified atom stereocenters. The minimum atomic E-state index is -0.438. The number of ether oxygens (including phenoxy) is 3. The first-order valence-corrected chi connectivity index (χ1v) is 12.1. The molecule has 3 aliphatic heterocycles. The van der Waals surface area contributed by atoms with Crippen LogP contribution < -0.4 is 4.74 Å². The lowest BCUT2D eigenvalue weighted by Gasteiger charge is -2.37. The molecule has 0 radical (unpaired) electrons. The molecule has 3 heterocycles. The zero-order valence-electron chi connectivity index (χ0n) is 20.3. The number of amides is 1. The number of methoxy groups -OCH3 is 1. The molecule has 34 heavy (non-hydrogen) atoms. The number of aryl methyl sites for hydroxylation is 2. The van der Waals surface area contributed by atoms with E-state index in [1.165, 1.54) is 11.1 Å². The molecule has 180 valence electrons. The van der Waals surface area contributed by atoms with Gasteiger partial charge in [-0.2, -0.15) is 5.10 Å². The van der Waals surface area contributed by atoms with E-state index in [0.717, 1.165) is 48.5 Å². The minimum absolute atomic E-state index is 0.0213. The lowest BCUT2D eigenvalue weighted by atomic mass is 9.94. The number of piperidine rings is 1. The Labute approximate surface area is 201 Å². The molecule has 7 nitrogen and oxygen atoms in total. The lowest BCUT2D eigenvalue weighted by Crippen LogP contribution is -2.48. The molecule has 0 aliphatic carbocycles. The van der Waals surface area contributed by atoms with E-state index in [1.54, 1.807) is 12.1 Å². The Morgan fingerprint density at radius 2 is 1.88 bits per heavy atom. The summed E-state index contributed by atoms with van der Waals surface area (Å²) < 4.78 is 17.1. The summed E-state index contributed by atoms with van der Waals surface area (Å²) in [4.78, 5) is 15.8. The Hall–Kier alpha value is -2.74. The van der Waals surface area contributed by atoms with E-state index < -0.39 is 5.79 Å². The van der Waals surface area contributed by atoms with Gasteiger partial charge in [0.1, 0.15) is 5.75 Å². The van der Waals surface area contributed by atoms with Crippen molar-refractivity contribution in [2.24, 2.45) is 5.10 Å². The van der Waals surface area contributed by atoms with E-state index in [9.17, 15) is 4.79 Å². The summed E-state index contributed by atoms with van der Waals surface area (Å²) in [6.07, 6.45) is 2.26. The minimum Gasteiger partial charge on any atom is -0.497 e. The molecule has 1 spiro atoms. The van der Waals surface area contributed by atoms with Crippen molar-refractivity contribution in [2.75, 3.05) is 40.0 Å². The summed E-state index contributed by atoms with van der Waals surface area (Å²) in [5.74, 6) is 0.367. The lowest BCUT2D eigenvalue weighted by molar-refractivity contribution is -0.186. The number of nitrogens with zero attached hydrogens (tertiary/aromatic N) is 3. The van der Waals surface area contributed by atoms with Crippen LogP contribution in [0.2, 0.25) is 0 Å². The topological polar surface area (TPSA) is 63.6 Å². The maximum Gasteiger partial charge on any atom is 0.257 e. The van der Waals surface area contributed by atoms with Crippen molar-refractivity contribution in [1.82, 2.24) is 9.91 Å². The molecule has 0 N–H and O–H groups in total. The Balaban J connectivity index is 1.38. The quantitative estimate of drug-likeness (QED) is 0.675. The van der Waals surface area contributed by atoms with Gasteiger partial charge in [0, 0.05) is 37.9 Å². The van der Waals surface area contributed by atoms with Gasteiger partial charge in [0.05, 0.1) is 38.6 Å². The second-order valence-corrected chi connectivity index (χ2v) is 9.48. The molecular formula is C27H33N3O4. The molecule has 1 amide bonds. The summed E-state index contributed by atoms with van der Waals surface area (Å²) in [5, 5.41) is 6.58. The fraction of sp³-hybridized carbons (Fsp3) is 0.481. The van der Waals surface area contributed by atoms with Crippen LogP contribution in [0.5, 0.6) is 5.75 Å². The molecular weight excluding hydrogens is 430 g/mol.